The quantitative estimate of drug-likeness (QED) is 0.544. The van der Waals surface area contributed by atoms with Crippen LogP contribution in [0.4, 0.5) is 0 Å². The summed E-state index contributed by atoms with van der Waals surface area (Å²) in [6.07, 6.45) is 0. The van der Waals surface area contributed by atoms with Crippen LogP contribution < -0.4 is 0 Å². The van der Waals surface area contributed by atoms with Crippen molar-refractivity contribution in [3.05, 3.63) is 20.8 Å². The summed E-state index contributed by atoms with van der Waals surface area (Å²) in [5.41, 5.74) is 0. The van der Waals surface area contributed by atoms with Crippen LogP contribution in [0.15, 0.2) is 15.9 Å². The van der Waals surface area contributed by atoms with Gasteiger partial charge < -0.3 is 9.47 Å². The highest BCUT2D eigenvalue weighted by Crippen LogP contribution is 2.22. The van der Waals surface area contributed by atoms with Crippen molar-refractivity contribution in [2.24, 2.45) is 5.92 Å². The van der Waals surface area contributed by atoms with Crippen molar-refractivity contribution in [3.8, 4) is 0 Å². The Bertz CT molecular complexity index is 349. The van der Waals surface area contributed by atoms with Crippen LogP contribution in [0.25, 0.3) is 0 Å². The minimum absolute atomic E-state index is 0.0181. The number of ether oxygens (including phenoxy) is 2. The van der Waals surface area contributed by atoms with Crippen LogP contribution in [-0.4, -0.2) is 32.2 Å². The van der Waals surface area contributed by atoms with Crippen molar-refractivity contribution in [2.75, 3.05) is 26.4 Å². The van der Waals surface area contributed by atoms with Crippen molar-refractivity contribution in [1.82, 2.24) is 0 Å². The third-order valence-corrected chi connectivity index (χ3v) is 3.57. The van der Waals surface area contributed by atoms with Gasteiger partial charge in [0, 0.05) is 6.61 Å². The molecular weight excluding hydrogens is 304 g/mol. The Balaban J connectivity index is 2.09. The van der Waals surface area contributed by atoms with Crippen LogP contribution in [-0.2, 0) is 9.47 Å². The molecule has 0 bridgehead atoms. The van der Waals surface area contributed by atoms with Gasteiger partial charge in [0.1, 0.15) is 6.61 Å². The Morgan fingerprint density at radius 2 is 2.06 bits per heavy atom. The van der Waals surface area contributed by atoms with Gasteiger partial charge in [0.25, 0.3) is 0 Å². The van der Waals surface area contributed by atoms with Gasteiger partial charge in [0.2, 0.25) is 0 Å². The summed E-state index contributed by atoms with van der Waals surface area (Å²) in [6, 6.07) is 3.67. The number of ketones is 1. The molecule has 0 radical (unpaired) electrons. The molecule has 5 heteroatoms. The average molecular weight is 321 g/mol. The minimum atomic E-state index is 0.0181. The molecule has 1 aromatic rings. The number of rotatable bonds is 8. The van der Waals surface area contributed by atoms with E-state index < -0.39 is 0 Å². The molecule has 1 heterocycles. The van der Waals surface area contributed by atoms with Crippen LogP contribution in [0.1, 0.15) is 23.5 Å². The molecule has 96 valence electrons. The van der Waals surface area contributed by atoms with Crippen molar-refractivity contribution in [3.63, 3.8) is 0 Å². The maximum atomic E-state index is 11.6. The van der Waals surface area contributed by atoms with Crippen LogP contribution in [0.3, 0.4) is 0 Å². The minimum Gasteiger partial charge on any atom is -0.379 e. The molecule has 0 saturated heterocycles. The largest absolute Gasteiger partial charge is 0.379 e. The lowest BCUT2D eigenvalue weighted by Gasteiger charge is -2.06. The third kappa shape index (κ3) is 6.31. The Kier molecular flexibility index (Phi) is 6.96. The molecule has 0 spiro atoms. The topological polar surface area (TPSA) is 35.5 Å². The van der Waals surface area contributed by atoms with Crippen molar-refractivity contribution in [2.45, 2.75) is 13.8 Å². The Hall–Kier alpha value is -0.230. The maximum absolute atomic E-state index is 11.6. The van der Waals surface area contributed by atoms with Gasteiger partial charge in [-0.1, -0.05) is 13.8 Å². The van der Waals surface area contributed by atoms with E-state index in [1.54, 1.807) is 6.07 Å². The van der Waals surface area contributed by atoms with Crippen LogP contribution in [0.5, 0.6) is 0 Å². The van der Waals surface area contributed by atoms with Gasteiger partial charge in [-0.25, -0.2) is 0 Å². The summed E-state index contributed by atoms with van der Waals surface area (Å²) in [5, 5.41) is 0. The summed E-state index contributed by atoms with van der Waals surface area (Å²) < 4.78 is 11.6. The molecule has 0 fully saturated rings. The van der Waals surface area contributed by atoms with E-state index in [0.29, 0.717) is 19.1 Å². The number of carbonyl (C=O) groups is 1. The molecule has 3 nitrogen and oxygen atoms in total. The molecule has 0 aliphatic rings. The lowest BCUT2D eigenvalue weighted by molar-refractivity contribution is 0.0365. The Labute approximate surface area is 114 Å². The fourth-order valence-corrected chi connectivity index (χ4v) is 2.45. The highest BCUT2D eigenvalue weighted by atomic mass is 79.9. The molecule has 0 amide bonds. The van der Waals surface area contributed by atoms with Crippen molar-refractivity contribution >= 4 is 33.0 Å². The summed E-state index contributed by atoms with van der Waals surface area (Å²) in [6.45, 7) is 6.05. The second kappa shape index (κ2) is 7.97. The molecule has 0 atom stereocenters. The zero-order chi connectivity index (χ0) is 12.7. The van der Waals surface area contributed by atoms with Crippen LogP contribution in [0.2, 0.25) is 0 Å². The third-order valence-electron chi connectivity index (χ3n) is 1.90. The first-order valence-electron chi connectivity index (χ1n) is 5.53. The predicted octanol–water partition coefficient (Wildman–Crippen LogP) is 3.38. The molecule has 0 unspecified atom stereocenters. The van der Waals surface area contributed by atoms with Crippen LogP contribution >= 0.6 is 27.3 Å². The first-order chi connectivity index (χ1) is 8.09. The highest BCUT2D eigenvalue weighted by molar-refractivity contribution is 9.11. The van der Waals surface area contributed by atoms with E-state index in [9.17, 15) is 4.79 Å². The normalized spacial score (nSPS) is 11.1. The second-order valence-electron chi connectivity index (χ2n) is 4.05. The zero-order valence-electron chi connectivity index (χ0n) is 10.1. The number of thiophene rings is 1. The Morgan fingerprint density at radius 1 is 1.35 bits per heavy atom. The Morgan fingerprint density at radius 3 is 2.65 bits per heavy atom. The summed E-state index contributed by atoms with van der Waals surface area (Å²) in [7, 11) is 0. The fraction of sp³-hybridized carbons (Fsp3) is 0.583. The summed E-state index contributed by atoms with van der Waals surface area (Å²) >= 11 is 4.75. The van der Waals surface area contributed by atoms with E-state index in [0.717, 1.165) is 15.3 Å². The zero-order valence-corrected chi connectivity index (χ0v) is 12.5. The van der Waals surface area contributed by atoms with E-state index in [1.165, 1.54) is 11.3 Å². The lowest BCUT2D eigenvalue weighted by Crippen LogP contribution is -2.13. The average Bonchev–Trinajstić information content (AvgIpc) is 2.69. The fourth-order valence-electron chi connectivity index (χ4n) is 1.14. The van der Waals surface area contributed by atoms with Crippen molar-refractivity contribution < 1.29 is 14.3 Å². The van der Waals surface area contributed by atoms with E-state index in [1.807, 2.05) is 6.07 Å². The number of halogens is 1. The van der Waals surface area contributed by atoms with Crippen molar-refractivity contribution in [1.29, 1.82) is 0 Å². The van der Waals surface area contributed by atoms with Crippen LogP contribution in [0, 0.1) is 5.92 Å². The van der Waals surface area contributed by atoms with Gasteiger partial charge in [0.05, 0.1) is 21.9 Å². The summed E-state index contributed by atoms with van der Waals surface area (Å²) in [5.74, 6) is 0.546. The molecule has 0 aromatic carbocycles. The second-order valence-corrected chi connectivity index (χ2v) is 6.51. The van der Waals surface area contributed by atoms with Gasteiger partial charge in [-0.2, -0.15) is 0 Å². The lowest BCUT2D eigenvalue weighted by atomic mass is 10.2. The molecule has 17 heavy (non-hydrogen) atoms. The molecular formula is C12H17BrO3S. The van der Waals surface area contributed by atoms with E-state index >= 15 is 0 Å². The molecule has 1 rings (SSSR count). The maximum Gasteiger partial charge on any atom is 0.198 e. The predicted molar refractivity (Wildman–Crippen MR) is 72.8 cm³/mol. The van der Waals surface area contributed by atoms with Gasteiger partial charge in [-0.05, 0) is 34.0 Å². The van der Waals surface area contributed by atoms with E-state index in [-0.39, 0.29) is 12.4 Å². The molecule has 0 N–H and O–H groups in total. The number of hydrogen-bond donors (Lipinski definition) is 0. The van der Waals surface area contributed by atoms with Gasteiger partial charge in [0.15, 0.2) is 5.78 Å². The number of hydrogen-bond acceptors (Lipinski definition) is 4. The molecule has 1 aromatic heterocycles. The van der Waals surface area contributed by atoms with Gasteiger partial charge >= 0.3 is 0 Å². The smallest absolute Gasteiger partial charge is 0.198 e. The number of carbonyl (C=O) groups excluding carboxylic acids is 1. The first kappa shape index (κ1) is 14.8. The van der Waals surface area contributed by atoms with E-state index in [2.05, 4.69) is 29.8 Å². The molecule has 0 aliphatic heterocycles. The summed E-state index contributed by atoms with van der Waals surface area (Å²) in [4.78, 5) is 12.3. The highest BCUT2D eigenvalue weighted by Gasteiger charge is 2.08. The monoisotopic (exact) mass is 320 g/mol. The number of Topliss-reactive ketones (excluding diaryl/α,β-unsaturated/α-hetero) is 1. The SMILES string of the molecule is CC(C)COCCOCC(=O)c1ccc(Br)s1. The molecule has 0 saturated carbocycles. The standard InChI is InChI=1S/C12H17BrO3S/c1-9(2)7-15-5-6-16-8-10(14)11-3-4-12(13)17-11/h3-4,9H,5-8H2,1-2H3. The first-order valence-corrected chi connectivity index (χ1v) is 7.14. The molecule has 0 aliphatic carbocycles. The van der Waals surface area contributed by atoms with Gasteiger partial charge in [-0.15, -0.1) is 11.3 Å². The van der Waals surface area contributed by atoms with Gasteiger partial charge in [-0.3, -0.25) is 4.79 Å². The van der Waals surface area contributed by atoms with E-state index in [4.69, 9.17) is 9.47 Å².